The van der Waals surface area contributed by atoms with E-state index >= 15 is 0 Å². The molecule has 0 aliphatic heterocycles. The normalized spacial score (nSPS) is 2.60. The van der Waals surface area contributed by atoms with Crippen LogP contribution < -0.4 is 0 Å². The van der Waals surface area contributed by atoms with Crippen molar-refractivity contribution in [3.8, 4) is 0 Å². The third-order valence-corrected chi connectivity index (χ3v) is 0. The van der Waals surface area contributed by atoms with Crippen LogP contribution in [0.2, 0.25) is 0 Å². The van der Waals surface area contributed by atoms with Gasteiger partial charge in [0.15, 0.2) is 0 Å². The second-order valence-electron chi connectivity index (χ2n) is 0.0745. The van der Waals surface area contributed by atoms with E-state index in [9.17, 15) is 0 Å². The van der Waals surface area contributed by atoms with Crippen LogP contribution >= 0.6 is 0 Å². The Morgan fingerprint density at radius 3 is 1.40 bits per heavy atom. The molecule has 0 amide bonds. The molecule has 0 spiro atoms. The fourth-order valence-electron chi connectivity index (χ4n) is 0. The first-order valence-corrected chi connectivity index (χ1v) is 1.76. The summed E-state index contributed by atoms with van der Waals surface area (Å²) in [6.45, 7) is 0. The van der Waals surface area contributed by atoms with E-state index < -0.39 is 16.2 Å². The molecule has 0 aromatic carbocycles. The third kappa shape index (κ3) is 469. The van der Waals surface area contributed by atoms with Gasteiger partial charge in [0.2, 0.25) is 0 Å². The van der Waals surface area contributed by atoms with Crippen LogP contribution in [0, 0.1) is 0 Å². The molecule has 0 aliphatic carbocycles. The molecule has 0 unspecified atom stereocenters. The molecule has 0 saturated carbocycles. The zero-order valence-electron chi connectivity index (χ0n) is 2.29. The van der Waals surface area contributed by atoms with Crippen LogP contribution in [-0.2, 0) is 23.5 Å². The van der Waals surface area contributed by atoms with Crippen LogP contribution in [0.4, 0.5) is 0 Å². The Hall–Kier alpha value is 0.209. The molecular formula is HBO3V. The number of rotatable bonds is 0. The van der Waals surface area contributed by atoms with E-state index in [1.165, 1.54) is 0 Å². The van der Waals surface area contributed by atoms with Gasteiger partial charge in [0, 0.05) is 0 Å². The molecule has 0 atom stereocenters. The van der Waals surface area contributed by atoms with Crippen LogP contribution in [-0.4, -0.2) is 13.1 Å². The Bertz CT molecular complexity index is 27.9. The molecule has 0 heterocycles. The molecule has 3 nitrogen and oxygen atoms in total. The molecule has 0 bridgehead atoms. The van der Waals surface area contributed by atoms with E-state index in [1.54, 1.807) is 0 Å². The van der Waals surface area contributed by atoms with Gasteiger partial charge in [-0.05, 0) is 0 Å². The average molecular weight is 111 g/mol. The number of hydrogen-bond acceptors (Lipinski definition) is 3. The second kappa shape index (κ2) is 29.6. The van der Waals surface area contributed by atoms with Crippen molar-refractivity contribution in [3.63, 3.8) is 0 Å². The Kier molecular flexibility index (Phi) is 53.1. The summed E-state index contributed by atoms with van der Waals surface area (Å²) < 4.78 is 16.9. The van der Waals surface area contributed by atoms with Crippen molar-refractivity contribution in [2.24, 2.45) is 0 Å². The van der Waals surface area contributed by atoms with Gasteiger partial charge in [-0.2, -0.15) is 0 Å². The summed E-state index contributed by atoms with van der Waals surface area (Å²) in [7, 11) is 3.50. The zero-order valence-corrected chi connectivity index (χ0v) is 3.68. The first-order chi connectivity index (χ1) is 2.41. The molecule has 5 heteroatoms. The molecule has 0 aromatic heterocycles. The molecule has 0 aromatic rings. The average Bonchev–Trinajstić information content (AvgIpc) is 1.46. The molecule has 2 radical (unpaired) electrons. The van der Waals surface area contributed by atoms with E-state index in [1.807, 2.05) is 0 Å². The van der Waals surface area contributed by atoms with Gasteiger partial charge in [-0.15, -0.1) is 0 Å². The molecule has 0 fully saturated rings. The minimum absolute atomic E-state index is 1.81. The maximum atomic E-state index is 8.47. The van der Waals surface area contributed by atoms with Crippen LogP contribution in [0.3, 0.4) is 0 Å². The summed E-state index contributed by atoms with van der Waals surface area (Å²) in [5.41, 5.74) is 0. The van der Waals surface area contributed by atoms with Gasteiger partial charge in [-0.25, -0.2) is 0 Å². The first kappa shape index (κ1) is 8.96. The van der Waals surface area contributed by atoms with E-state index in [-0.39, 0.29) is 0 Å². The predicted octanol–water partition coefficient (Wildman–Crippen LogP) is -1.18. The van der Waals surface area contributed by atoms with Gasteiger partial charge in [0.25, 0.3) is 8.05 Å². The molecule has 27 valence electrons. The molecule has 0 aliphatic rings. The van der Waals surface area contributed by atoms with Gasteiger partial charge in [0.1, 0.15) is 0 Å². The molecule has 0 rings (SSSR count). The van der Waals surface area contributed by atoms with Crippen molar-refractivity contribution in [3.05, 3.63) is 0 Å². The van der Waals surface area contributed by atoms with Gasteiger partial charge >= 0.3 is 23.5 Å². The first-order valence-electron chi connectivity index (χ1n) is 0.623. The minimum atomic E-state index is -1.81. The maximum absolute atomic E-state index is 8.47. The number of hydrogen-bond donors (Lipinski definition) is 1. The fraction of sp³-hybridized carbons (Fsp3) is 0. The molecular weight excluding hydrogens is 110 g/mol. The van der Waals surface area contributed by atoms with Gasteiger partial charge in [-0.1, -0.05) is 0 Å². The summed E-state index contributed by atoms with van der Waals surface area (Å²) in [6, 6.07) is 0. The summed E-state index contributed by atoms with van der Waals surface area (Å²) in [5, 5.41) is 6.50. The van der Waals surface area contributed by atoms with Crippen LogP contribution in [0.15, 0.2) is 0 Å². The monoisotopic (exact) mass is 111 g/mol. The van der Waals surface area contributed by atoms with E-state index in [2.05, 4.69) is 8.05 Å². The third-order valence-electron chi connectivity index (χ3n) is 0. The Balaban J connectivity index is 0. The zero-order chi connectivity index (χ0) is 4.71. The van der Waals surface area contributed by atoms with Crippen LogP contribution in [0.1, 0.15) is 0 Å². The van der Waals surface area contributed by atoms with Gasteiger partial charge in [0.05, 0.1) is 0 Å². The Morgan fingerprint density at radius 1 is 1.40 bits per heavy atom. The second-order valence-corrected chi connectivity index (χ2v) is 0.307. The van der Waals surface area contributed by atoms with Crippen molar-refractivity contribution < 1.29 is 28.6 Å². The Morgan fingerprint density at radius 2 is 1.40 bits per heavy atom. The van der Waals surface area contributed by atoms with Gasteiger partial charge in [-0.3, -0.25) is 0 Å². The quantitative estimate of drug-likeness (QED) is 0.400. The van der Waals surface area contributed by atoms with Crippen LogP contribution in [0.25, 0.3) is 0 Å². The predicted molar refractivity (Wildman–Crippen MR) is 9.35 cm³/mol. The van der Waals surface area contributed by atoms with Gasteiger partial charge < -0.3 is 5.02 Å². The van der Waals surface area contributed by atoms with Crippen molar-refractivity contribution in [1.82, 2.24) is 0 Å². The molecule has 0 saturated heterocycles. The Labute approximate surface area is 37.3 Å². The topological polar surface area (TPSA) is 54.4 Å². The van der Waals surface area contributed by atoms with Crippen LogP contribution in [0.5, 0.6) is 0 Å². The fourth-order valence-corrected chi connectivity index (χ4v) is 0. The molecule has 5 heavy (non-hydrogen) atoms. The summed E-state index contributed by atoms with van der Waals surface area (Å²) in [4.78, 5) is 0. The standard InChI is InChI=1S/BHO.2O.V/c1-2;;;/h2H;;;. The summed E-state index contributed by atoms with van der Waals surface area (Å²) in [5.74, 6) is 0. The van der Waals surface area contributed by atoms with Crippen molar-refractivity contribution in [1.29, 1.82) is 0 Å². The van der Waals surface area contributed by atoms with Crippen molar-refractivity contribution in [2.45, 2.75) is 0 Å². The summed E-state index contributed by atoms with van der Waals surface area (Å²) >= 11 is -1.81. The van der Waals surface area contributed by atoms with Crippen molar-refractivity contribution in [2.75, 3.05) is 0 Å². The summed E-state index contributed by atoms with van der Waals surface area (Å²) in [6.07, 6.45) is 0. The van der Waals surface area contributed by atoms with E-state index in [0.717, 1.165) is 0 Å². The van der Waals surface area contributed by atoms with E-state index in [4.69, 9.17) is 12.4 Å². The molecule has 1 N–H and O–H groups in total. The van der Waals surface area contributed by atoms with E-state index in [0.29, 0.717) is 0 Å². The van der Waals surface area contributed by atoms with Crippen molar-refractivity contribution >= 4 is 8.05 Å². The SMILES string of the molecule is [B]O.[O]=[V]=[O].